The monoisotopic (exact) mass is 251 g/mol. The lowest BCUT2D eigenvalue weighted by atomic mass is 10.1. The number of furan rings is 1. The minimum atomic E-state index is 0.707. The summed E-state index contributed by atoms with van der Waals surface area (Å²) in [7, 11) is 4.36. The van der Waals surface area contributed by atoms with Crippen LogP contribution in [0.15, 0.2) is 23.0 Å². The molecule has 1 saturated heterocycles. The number of likely N-dealkylation sites (N-methyl/N-ethyl adjacent to an activating group) is 1. The number of hydrogen-bond donors (Lipinski definition) is 1. The fraction of sp³-hybridized carbons (Fsp3) is 0.714. The minimum absolute atomic E-state index is 0.707. The van der Waals surface area contributed by atoms with E-state index in [1.165, 1.54) is 18.7 Å². The maximum Gasteiger partial charge on any atom is 0.0947 e. The van der Waals surface area contributed by atoms with Crippen LogP contribution >= 0.6 is 0 Å². The largest absolute Gasteiger partial charge is 0.472 e. The lowest BCUT2D eigenvalue weighted by Crippen LogP contribution is -2.35. The molecule has 102 valence electrons. The van der Waals surface area contributed by atoms with Crippen molar-refractivity contribution in [2.24, 2.45) is 5.92 Å². The summed E-state index contributed by atoms with van der Waals surface area (Å²) in [5.74, 6) is 0.772. The molecular weight excluding hydrogens is 226 g/mol. The molecule has 0 amide bonds. The first-order valence-corrected chi connectivity index (χ1v) is 6.77. The van der Waals surface area contributed by atoms with Crippen LogP contribution in [-0.2, 0) is 6.54 Å². The summed E-state index contributed by atoms with van der Waals surface area (Å²) in [6.45, 7) is 7.84. The zero-order valence-corrected chi connectivity index (χ0v) is 11.7. The predicted octanol–water partition coefficient (Wildman–Crippen LogP) is 1.25. The fourth-order valence-corrected chi connectivity index (χ4v) is 2.77. The molecule has 4 nitrogen and oxygen atoms in total. The third kappa shape index (κ3) is 3.57. The summed E-state index contributed by atoms with van der Waals surface area (Å²) >= 11 is 0. The summed E-state index contributed by atoms with van der Waals surface area (Å²) in [5.41, 5.74) is 1.22. The van der Waals surface area contributed by atoms with Gasteiger partial charge < -0.3 is 19.5 Å². The minimum Gasteiger partial charge on any atom is -0.472 e. The van der Waals surface area contributed by atoms with E-state index < -0.39 is 0 Å². The van der Waals surface area contributed by atoms with Crippen LogP contribution in [0.3, 0.4) is 0 Å². The second-order valence-electron chi connectivity index (χ2n) is 5.58. The Labute approximate surface area is 110 Å². The third-order valence-electron chi connectivity index (χ3n) is 3.83. The van der Waals surface area contributed by atoms with Gasteiger partial charge in [-0.25, -0.2) is 0 Å². The first-order valence-electron chi connectivity index (χ1n) is 6.77. The van der Waals surface area contributed by atoms with Crippen LogP contribution in [0.1, 0.15) is 12.5 Å². The smallest absolute Gasteiger partial charge is 0.0947 e. The highest BCUT2D eigenvalue weighted by Crippen LogP contribution is 2.19. The molecule has 2 rings (SSSR count). The quantitative estimate of drug-likeness (QED) is 0.771. The van der Waals surface area contributed by atoms with Crippen molar-refractivity contribution >= 4 is 0 Å². The molecule has 1 aromatic heterocycles. The standard InChI is InChI=1S/C14H25N3O/c1-12-9-17(10-14(12)16(2)3)6-5-15-8-13-4-7-18-11-13/h4,7,11-12,14-15H,5-6,8-10H2,1-3H3. The zero-order chi connectivity index (χ0) is 13.0. The van der Waals surface area contributed by atoms with Gasteiger partial charge in [0.2, 0.25) is 0 Å². The molecule has 2 heterocycles. The van der Waals surface area contributed by atoms with Gasteiger partial charge in [-0.2, -0.15) is 0 Å². The van der Waals surface area contributed by atoms with Gasteiger partial charge in [0, 0.05) is 44.3 Å². The van der Waals surface area contributed by atoms with Crippen LogP contribution in [0, 0.1) is 5.92 Å². The first kappa shape index (κ1) is 13.6. The lowest BCUT2D eigenvalue weighted by molar-refractivity contribution is 0.252. The number of nitrogens with zero attached hydrogens (tertiary/aromatic N) is 2. The first-order chi connectivity index (χ1) is 8.66. The highest BCUT2D eigenvalue weighted by Gasteiger charge is 2.30. The predicted molar refractivity (Wildman–Crippen MR) is 73.5 cm³/mol. The average molecular weight is 251 g/mol. The molecule has 1 fully saturated rings. The average Bonchev–Trinajstić information content (AvgIpc) is 2.94. The molecule has 2 unspecified atom stereocenters. The van der Waals surface area contributed by atoms with Crippen molar-refractivity contribution < 1.29 is 4.42 Å². The fourth-order valence-electron chi connectivity index (χ4n) is 2.77. The van der Waals surface area contributed by atoms with Crippen molar-refractivity contribution in [3.05, 3.63) is 24.2 Å². The SMILES string of the molecule is CC1CN(CCNCc2ccoc2)CC1N(C)C. The molecule has 1 aromatic rings. The van der Waals surface area contributed by atoms with Crippen molar-refractivity contribution in [1.82, 2.24) is 15.1 Å². The van der Waals surface area contributed by atoms with Crippen LogP contribution in [-0.4, -0.2) is 56.1 Å². The Morgan fingerprint density at radius 1 is 1.44 bits per heavy atom. The van der Waals surface area contributed by atoms with E-state index in [9.17, 15) is 0 Å². The van der Waals surface area contributed by atoms with E-state index in [2.05, 4.69) is 36.1 Å². The van der Waals surface area contributed by atoms with Crippen LogP contribution in [0.2, 0.25) is 0 Å². The summed E-state index contributed by atoms with van der Waals surface area (Å²) < 4.78 is 5.04. The number of hydrogen-bond acceptors (Lipinski definition) is 4. The Morgan fingerprint density at radius 3 is 2.89 bits per heavy atom. The van der Waals surface area contributed by atoms with Crippen molar-refractivity contribution in [3.63, 3.8) is 0 Å². The second kappa shape index (κ2) is 6.36. The third-order valence-corrected chi connectivity index (χ3v) is 3.83. The van der Waals surface area contributed by atoms with E-state index >= 15 is 0 Å². The van der Waals surface area contributed by atoms with Crippen molar-refractivity contribution in [2.75, 3.05) is 40.3 Å². The van der Waals surface area contributed by atoms with Gasteiger partial charge in [0.25, 0.3) is 0 Å². The highest BCUT2D eigenvalue weighted by molar-refractivity contribution is 5.04. The van der Waals surface area contributed by atoms with Gasteiger partial charge in [-0.15, -0.1) is 0 Å². The van der Waals surface area contributed by atoms with E-state index in [1.807, 2.05) is 6.07 Å². The molecule has 1 N–H and O–H groups in total. The number of nitrogens with one attached hydrogen (secondary N) is 1. The van der Waals surface area contributed by atoms with Crippen molar-refractivity contribution in [3.8, 4) is 0 Å². The molecular formula is C14H25N3O. The van der Waals surface area contributed by atoms with E-state index in [4.69, 9.17) is 4.42 Å². The van der Waals surface area contributed by atoms with Gasteiger partial charge >= 0.3 is 0 Å². The van der Waals surface area contributed by atoms with Gasteiger partial charge in [-0.05, 0) is 26.1 Å². The van der Waals surface area contributed by atoms with Gasteiger partial charge in [0.1, 0.15) is 0 Å². The lowest BCUT2D eigenvalue weighted by Gasteiger charge is -2.22. The van der Waals surface area contributed by atoms with Gasteiger partial charge in [0.05, 0.1) is 12.5 Å². The maximum absolute atomic E-state index is 5.04. The molecule has 18 heavy (non-hydrogen) atoms. The number of likely N-dealkylation sites (tertiary alicyclic amines) is 1. The van der Waals surface area contributed by atoms with Gasteiger partial charge in [-0.1, -0.05) is 6.92 Å². The van der Waals surface area contributed by atoms with E-state index in [0.29, 0.717) is 6.04 Å². The van der Waals surface area contributed by atoms with Crippen LogP contribution in [0.5, 0.6) is 0 Å². The molecule has 0 aliphatic carbocycles. The zero-order valence-electron chi connectivity index (χ0n) is 11.7. The van der Waals surface area contributed by atoms with Crippen LogP contribution in [0.25, 0.3) is 0 Å². The summed E-state index contributed by atoms with van der Waals surface area (Å²) in [5, 5.41) is 3.46. The van der Waals surface area contributed by atoms with E-state index in [0.717, 1.165) is 25.6 Å². The van der Waals surface area contributed by atoms with Crippen LogP contribution < -0.4 is 5.32 Å². The van der Waals surface area contributed by atoms with E-state index in [1.54, 1.807) is 12.5 Å². The Morgan fingerprint density at radius 2 is 2.28 bits per heavy atom. The van der Waals surface area contributed by atoms with Crippen LogP contribution in [0.4, 0.5) is 0 Å². The Balaban J connectivity index is 1.63. The molecule has 0 saturated carbocycles. The van der Waals surface area contributed by atoms with Crippen molar-refractivity contribution in [1.29, 1.82) is 0 Å². The highest BCUT2D eigenvalue weighted by atomic mass is 16.3. The Bertz CT molecular complexity index is 337. The molecule has 0 spiro atoms. The van der Waals surface area contributed by atoms with Gasteiger partial charge in [-0.3, -0.25) is 0 Å². The van der Waals surface area contributed by atoms with Crippen molar-refractivity contribution in [2.45, 2.75) is 19.5 Å². The summed E-state index contributed by atoms with van der Waals surface area (Å²) in [4.78, 5) is 4.90. The van der Waals surface area contributed by atoms with Gasteiger partial charge in [0.15, 0.2) is 0 Å². The molecule has 0 radical (unpaired) electrons. The van der Waals surface area contributed by atoms with E-state index in [-0.39, 0.29) is 0 Å². The molecule has 1 aliphatic rings. The molecule has 0 bridgehead atoms. The summed E-state index contributed by atoms with van der Waals surface area (Å²) in [6.07, 6.45) is 3.52. The number of rotatable bonds is 6. The molecule has 0 aromatic carbocycles. The molecule has 2 atom stereocenters. The normalized spacial score (nSPS) is 25.1. The topological polar surface area (TPSA) is 31.6 Å². The second-order valence-corrected chi connectivity index (χ2v) is 5.58. The maximum atomic E-state index is 5.04. The Hall–Kier alpha value is -0.840. The molecule has 1 aliphatic heterocycles. The summed E-state index contributed by atoms with van der Waals surface area (Å²) in [6, 6.07) is 2.71. The molecule has 4 heteroatoms. The Kier molecular flexibility index (Phi) is 4.80.